The molecule has 0 N–H and O–H groups in total. The van der Waals surface area contributed by atoms with Crippen LogP contribution in [0, 0.1) is 0 Å². The average Bonchev–Trinajstić information content (AvgIpc) is 2.09. The lowest BCUT2D eigenvalue weighted by Gasteiger charge is -2.41. The molecule has 0 aliphatic rings. The molecule has 0 aliphatic carbocycles. The fourth-order valence-corrected chi connectivity index (χ4v) is 1.46. The second-order valence-electron chi connectivity index (χ2n) is 4.41. The van der Waals surface area contributed by atoms with Gasteiger partial charge >= 0.3 is 12.4 Å². The summed E-state index contributed by atoms with van der Waals surface area (Å²) in [5.74, 6) is 0. The van der Waals surface area contributed by atoms with Gasteiger partial charge in [-0.25, -0.2) is 0 Å². The van der Waals surface area contributed by atoms with Crippen molar-refractivity contribution in [3.8, 4) is 0 Å². The van der Waals surface area contributed by atoms with Crippen LogP contribution in [0.4, 0.5) is 26.3 Å². The molecule has 0 aromatic carbocycles. The third kappa shape index (κ3) is 7.75. The molecule has 0 unspecified atom stereocenters. The molecule has 0 radical (unpaired) electrons. The Morgan fingerprint density at radius 1 is 0.944 bits per heavy atom. The van der Waals surface area contributed by atoms with Gasteiger partial charge in [-0.1, -0.05) is 13.8 Å². The number of rotatable bonds is 6. The molecule has 8 heteroatoms. The Balaban J connectivity index is 4.95. The molecule has 0 spiro atoms. The highest BCUT2D eigenvalue weighted by Gasteiger charge is 2.47. The van der Waals surface area contributed by atoms with Crippen LogP contribution in [0.2, 0.25) is 0 Å². The van der Waals surface area contributed by atoms with Gasteiger partial charge in [-0.3, -0.25) is 0 Å². The van der Waals surface area contributed by atoms with E-state index in [2.05, 4.69) is 10.1 Å². The maximum atomic E-state index is 12.3. The standard InChI is InChI=1S/C10H16F6NO/c1-7(2)17-6-8(18-3,4-9(11,12)13)5-10(14,15)16/h7H,4-6H2,1-3H3/q-1. The Morgan fingerprint density at radius 3 is 1.56 bits per heavy atom. The van der Waals surface area contributed by atoms with E-state index in [4.69, 9.17) is 0 Å². The molecule has 0 rings (SSSR count). The lowest BCUT2D eigenvalue weighted by Crippen LogP contribution is -2.44. The Bertz CT molecular complexity index is 232. The molecule has 0 saturated heterocycles. The monoisotopic (exact) mass is 280 g/mol. The van der Waals surface area contributed by atoms with Crippen molar-refractivity contribution in [2.24, 2.45) is 0 Å². The number of nitrogens with zero attached hydrogens (tertiary/aromatic N) is 1. The second kappa shape index (κ2) is 6.10. The molecular weight excluding hydrogens is 264 g/mol. The average molecular weight is 280 g/mol. The SMILES string of the molecule is COC(C[N-]C(C)C)(CC(F)(F)F)CC(F)(F)F. The fraction of sp³-hybridized carbons (Fsp3) is 1.00. The Kier molecular flexibility index (Phi) is 5.93. The normalized spacial score (nSPS) is 14.3. The highest BCUT2D eigenvalue weighted by Crippen LogP contribution is 2.39. The molecule has 0 heterocycles. The van der Waals surface area contributed by atoms with Gasteiger partial charge in [-0.05, 0) is 0 Å². The minimum Gasteiger partial charge on any atom is -0.658 e. The van der Waals surface area contributed by atoms with E-state index < -0.39 is 37.3 Å². The molecule has 0 fully saturated rings. The van der Waals surface area contributed by atoms with Crippen LogP contribution in [0.3, 0.4) is 0 Å². The predicted molar refractivity (Wildman–Crippen MR) is 54.4 cm³/mol. The third-order valence-corrected chi connectivity index (χ3v) is 2.22. The summed E-state index contributed by atoms with van der Waals surface area (Å²) in [6.45, 7) is 2.50. The summed E-state index contributed by atoms with van der Waals surface area (Å²) in [5, 5.41) is 3.71. The zero-order valence-electron chi connectivity index (χ0n) is 10.3. The highest BCUT2D eigenvalue weighted by molar-refractivity contribution is 4.99. The van der Waals surface area contributed by atoms with Crippen molar-refractivity contribution in [3.63, 3.8) is 0 Å². The Labute approximate surface area is 102 Å². The molecule has 0 atom stereocenters. The summed E-state index contributed by atoms with van der Waals surface area (Å²) in [4.78, 5) is 0. The van der Waals surface area contributed by atoms with Crippen LogP contribution in [-0.4, -0.2) is 37.7 Å². The molecule has 0 bridgehead atoms. The van der Waals surface area contributed by atoms with E-state index in [9.17, 15) is 26.3 Å². The minimum absolute atomic E-state index is 0.360. The number of halogens is 6. The maximum absolute atomic E-state index is 12.3. The van der Waals surface area contributed by atoms with Gasteiger partial charge in [0, 0.05) is 7.11 Å². The van der Waals surface area contributed by atoms with Crippen LogP contribution >= 0.6 is 0 Å². The topological polar surface area (TPSA) is 23.3 Å². The van der Waals surface area contributed by atoms with Crippen molar-refractivity contribution in [1.82, 2.24) is 0 Å². The lowest BCUT2D eigenvalue weighted by molar-refractivity contribution is -0.219. The summed E-state index contributed by atoms with van der Waals surface area (Å²) in [6, 6.07) is -0.360. The molecule has 0 aromatic heterocycles. The molecule has 0 aromatic rings. The van der Waals surface area contributed by atoms with E-state index in [-0.39, 0.29) is 6.04 Å². The zero-order chi connectivity index (χ0) is 14.6. The molecule has 0 aliphatic heterocycles. The number of methoxy groups -OCH3 is 1. The van der Waals surface area contributed by atoms with Crippen molar-refractivity contribution in [2.75, 3.05) is 13.7 Å². The summed E-state index contributed by atoms with van der Waals surface area (Å²) >= 11 is 0. The van der Waals surface area contributed by atoms with E-state index in [0.717, 1.165) is 7.11 Å². The van der Waals surface area contributed by atoms with Crippen LogP contribution < -0.4 is 0 Å². The van der Waals surface area contributed by atoms with Gasteiger partial charge < -0.3 is 10.1 Å². The van der Waals surface area contributed by atoms with E-state index in [1.165, 1.54) is 0 Å². The number of hydrogen-bond donors (Lipinski definition) is 0. The summed E-state index contributed by atoms with van der Waals surface area (Å²) in [5.41, 5.74) is -2.37. The number of hydrogen-bond acceptors (Lipinski definition) is 1. The summed E-state index contributed by atoms with van der Waals surface area (Å²) in [7, 11) is 0.841. The maximum Gasteiger partial charge on any atom is 0.391 e. The first kappa shape index (κ1) is 17.5. The van der Waals surface area contributed by atoms with Crippen molar-refractivity contribution < 1.29 is 31.1 Å². The van der Waals surface area contributed by atoms with Gasteiger partial charge in [0.2, 0.25) is 0 Å². The first-order valence-corrected chi connectivity index (χ1v) is 5.24. The number of ether oxygens (including phenoxy) is 1. The van der Waals surface area contributed by atoms with Crippen molar-refractivity contribution in [3.05, 3.63) is 5.32 Å². The minimum atomic E-state index is -4.74. The van der Waals surface area contributed by atoms with Crippen LogP contribution in [0.5, 0.6) is 0 Å². The summed E-state index contributed by atoms with van der Waals surface area (Å²) in [6.07, 6.45) is -12.8. The summed E-state index contributed by atoms with van der Waals surface area (Å²) < 4.78 is 78.6. The molecule has 0 saturated carbocycles. The van der Waals surface area contributed by atoms with Gasteiger partial charge in [0.1, 0.15) is 0 Å². The molecule has 2 nitrogen and oxygen atoms in total. The van der Waals surface area contributed by atoms with E-state index >= 15 is 0 Å². The first-order valence-electron chi connectivity index (χ1n) is 5.24. The molecule has 0 amide bonds. The first-order chi connectivity index (χ1) is 7.89. The lowest BCUT2D eigenvalue weighted by atomic mass is 9.94. The van der Waals surface area contributed by atoms with E-state index in [1.54, 1.807) is 13.8 Å². The van der Waals surface area contributed by atoms with E-state index in [0.29, 0.717) is 0 Å². The van der Waals surface area contributed by atoms with Gasteiger partial charge in [0.15, 0.2) is 0 Å². The fourth-order valence-electron chi connectivity index (χ4n) is 1.46. The van der Waals surface area contributed by atoms with Crippen molar-refractivity contribution in [2.45, 2.75) is 50.7 Å². The zero-order valence-corrected chi connectivity index (χ0v) is 10.3. The quantitative estimate of drug-likeness (QED) is 0.673. The third-order valence-electron chi connectivity index (χ3n) is 2.22. The van der Waals surface area contributed by atoms with Crippen LogP contribution in [0.1, 0.15) is 26.7 Å². The molecule has 18 heavy (non-hydrogen) atoms. The highest BCUT2D eigenvalue weighted by atomic mass is 19.4. The Hall–Kier alpha value is -0.500. The van der Waals surface area contributed by atoms with Gasteiger partial charge in [-0.15, -0.1) is 12.6 Å². The molecule has 110 valence electrons. The van der Waals surface area contributed by atoms with Gasteiger partial charge in [-0.2, -0.15) is 26.3 Å². The Morgan fingerprint density at radius 2 is 1.33 bits per heavy atom. The van der Waals surface area contributed by atoms with Crippen LogP contribution in [0.15, 0.2) is 0 Å². The van der Waals surface area contributed by atoms with Crippen molar-refractivity contribution in [1.29, 1.82) is 0 Å². The predicted octanol–water partition coefficient (Wildman–Crippen LogP) is 4.06. The van der Waals surface area contributed by atoms with Crippen LogP contribution in [-0.2, 0) is 4.74 Å². The van der Waals surface area contributed by atoms with Crippen LogP contribution in [0.25, 0.3) is 5.32 Å². The largest absolute Gasteiger partial charge is 0.658 e. The number of alkyl halides is 6. The van der Waals surface area contributed by atoms with Crippen molar-refractivity contribution >= 4 is 0 Å². The smallest absolute Gasteiger partial charge is 0.391 e. The van der Waals surface area contributed by atoms with Gasteiger partial charge in [0.25, 0.3) is 0 Å². The van der Waals surface area contributed by atoms with Gasteiger partial charge in [0.05, 0.1) is 18.4 Å². The molecular formula is C10H16F6NO-. The second-order valence-corrected chi connectivity index (χ2v) is 4.41. The van der Waals surface area contributed by atoms with E-state index in [1.807, 2.05) is 0 Å².